The summed E-state index contributed by atoms with van der Waals surface area (Å²) in [4.78, 5) is 14.3. The molecule has 2 aromatic rings. The zero-order valence-electron chi connectivity index (χ0n) is 13.1. The topological polar surface area (TPSA) is 72.3 Å². The fourth-order valence-corrected chi connectivity index (χ4v) is 3.87. The van der Waals surface area contributed by atoms with E-state index in [1.165, 1.54) is 6.26 Å². The first-order valence-electron chi connectivity index (χ1n) is 7.46. The van der Waals surface area contributed by atoms with Crippen LogP contribution >= 0.6 is 0 Å². The van der Waals surface area contributed by atoms with Gasteiger partial charge >= 0.3 is 0 Å². The quantitative estimate of drug-likeness (QED) is 0.852. The lowest BCUT2D eigenvalue weighted by atomic mass is 10.2. The summed E-state index contributed by atoms with van der Waals surface area (Å²) in [7, 11) is -3.11. The number of para-hydroxylation sites is 1. The summed E-state index contributed by atoms with van der Waals surface area (Å²) >= 11 is 0. The van der Waals surface area contributed by atoms with E-state index < -0.39 is 15.1 Å². The van der Waals surface area contributed by atoms with E-state index in [9.17, 15) is 13.2 Å². The molecule has 23 heavy (non-hydrogen) atoms. The lowest BCUT2D eigenvalue weighted by Gasteiger charge is -2.16. The van der Waals surface area contributed by atoms with Gasteiger partial charge in [-0.25, -0.2) is 13.1 Å². The molecule has 0 saturated carbocycles. The Kier molecular flexibility index (Phi) is 3.97. The number of amides is 1. The number of hydrogen-bond acceptors (Lipinski definition) is 4. The molecule has 1 aromatic heterocycles. The van der Waals surface area contributed by atoms with E-state index in [0.29, 0.717) is 18.5 Å². The lowest BCUT2D eigenvalue weighted by molar-refractivity contribution is 0.0792. The largest absolute Gasteiger partial charge is 0.337 e. The first-order valence-corrected chi connectivity index (χ1v) is 9.41. The second-order valence-corrected chi connectivity index (χ2v) is 8.21. The Labute approximate surface area is 135 Å². The van der Waals surface area contributed by atoms with E-state index in [1.807, 2.05) is 37.3 Å². The van der Waals surface area contributed by atoms with Crippen LogP contribution in [0, 0.1) is 6.92 Å². The highest BCUT2D eigenvalue weighted by Crippen LogP contribution is 2.21. The normalized spacial score (nSPS) is 18.3. The predicted molar refractivity (Wildman–Crippen MR) is 87.5 cm³/mol. The highest BCUT2D eigenvalue weighted by atomic mass is 32.2. The molecule has 1 aromatic carbocycles. The zero-order valence-corrected chi connectivity index (χ0v) is 14.0. The van der Waals surface area contributed by atoms with E-state index in [0.717, 1.165) is 11.4 Å². The molecule has 122 valence electrons. The maximum atomic E-state index is 12.7. The minimum absolute atomic E-state index is 0.157. The predicted octanol–water partition coefficient (Wildman–Crippen LogP) is 1.44. The van der Waals surface area contributed by atoms with Crippen LogP contribution < -0.4 is 0 Å². The Balaban J connectivity index is 1.84. The maximum Gasteiger partial charge on any atom is 0.257 e. The van der Waals surface area contributed by atoms with Crippen molar-refractivity contribution in [1.82, 2.24) is 14.7 Å². The van der Waals surface area contributed by atoms with Crippen LogP contribution in [0.25, 0.3) is 5.69 Å². The molecule has 3 rings (SSSR count). The van der Waals surface area contributed by atoms with Crippen LogP contribution in [-0.2, 0) is 9.84 Å². The van der Waals surface area contributed by atoms with Crippen LogP contribution in [0.2, 0.25) is 0 Å². The molecule has 1 fully saturated rings. The standard InChI is InChI=1S/C16H19N3O3S/c1-12-15(10-17-19(12)13-6-4-3-5-7-13)16(20)18-9-8-14(11-18)23(2,21)22/h3-7,10,14H,8-9,11H2,1-2H3. The van der Waals surface area contributed by atoms with Crippen LogP contribution in [0.15, 0.2) is 36.5 Å². The van der Waals surface area contributed by atoms with Crippen LogP contribution in [0.4, 0.5) is 0 Å². The Bertz CT molecular complexity index is 828. The lowest BCUT2D eigenvalue weighted by Crippen LogP contribution is -2.31. The molecule has 6 nitrogen and oxygen atoms in total. The van der Waals surface area contributed by atoms with Crippen LogP contribution in [0.1, 0.15) is 22.5 Å². The molecule has 1 aliphatic heterocycles. The summed E-state index contributed by atoms with van der Waals surface area (Å²) in [6, 6.07) is 9.59. The first-order chi connectivity index (χ1) is 10.9. The van der Waals surface area contributed by atoms with Gasteiger partial charge < -0.3 is 4.90 Å². The molecule has 0 spiro atoms. The van der Waals surface area contributed by atoms with Gasteiger partial charge in [-0.15, -0.1) is 0 Å². The van der Waals surface area contributed by atoms with E-state index in [2.05, 4.69) is 5.10 Å². The summed E-state index contributed by atoms with van der Waals surface area (Å²) in [6.45, 7) is 2.57. The Morgan fingerprint density at radius 1 is 1.26 bits per heavy atom. The number of nitrogens with zero attached hydrogens (tertiary/aromatic N) is 3. The summed E-state index contributed by atoms with van der Waals surface area (Å²) in [5, 5.41) is 3.84. The molecule has 2 heterocycles. The average Bonchev–Trinajstić information content (AvgIpc) is 3.14. The minimum Gasteiger partial charge on any atom is -0.337 e. The number of benzene rings is 1. The van der Waals surface area contributed by atoms with Gasteiger partial charge in [0, 0.05) is 19.3 Å². The van der Waals surface area contributed by atoms with Crippen molar-refractivity contribution < 1.29 is 13.2 Å². The van der Waals surface area contributed by atoms with Crippen molar-refractivity contribution in [2.75, 3.05) is 19.3 Å². The second kappa shape index (κ2) is 5.81. The number of rotatable bonds is 3. The van der Waals surface area contributed by atoms with Crippen LogP contribution in [-0.4, -0.2) is 53.6 Å². The number of sulfone groups is 1. The van der Waals surface area contributed by atoms with Crippen LogP contribution in [0.5, 0.6) is 0 Å². The van der Waals surface area contributed by atoms with Crippen LogP contribution in [0.3, 0.4) is 0 Å². The molecule has 1 amide bonds. The molecule has 7 heteroatoms. The van der Waals surface area contributed by atoms with Gasteiger partial charge in [0.2, 0.25) is 0 Å². The molecule has 1 aliphatic rings. The maximum absolute atomic E-state index is 12.7. The minimum atomic E-state index is -3.11. The number of aromatic nitrogens is 2. The zero-order chi connectivity index (χ0) is 16.6. The molecule has 0 N–H and O–H groups in total. The third-order valence-corrected chi connectivity index (χ3v) is 5.87. The first kappa shape index (κ1) is 15.7. The fourth-order valence-electron chi connectivity index (χ4n) is 2.88. The number of carbonyl (C=O) groups is 1. The average molecular weight is 333 g/mol. The molecule has 0 aliphatic carbocycles. The monoisotopic (exact) mass is 333 g/mol. The highest BCUT2D eigenvalue weighted by molar-refractivity contribution is 7.91. The molecular formula is C16H19N3O3S. The van der Waals surface area contributed by atoms with Crippen molar-refractivity contribution in [3.05, 3.63) is 47.8 Å². The third-order valence-electron chi connectivity index (χ3n) is 4.28. The molecular weight excluding hydrogens is 314 g/mol. The van der Waals surface area contributed by atoms with Gasteiger partial charge in [0.1, 0.15) is 0 Å². The van der Waals surface area contributed by atoms with E-state index in [4.69, 9.17) is 0 Å². The van der Waals surface area contributed by atoms with Crippen molar-refractivity contribution in [1.29, 1.82) is 0 Å². The number of likely N-dealkylation sites (tertiary alicyclic amines) is 1. The second-order valence-electron chi connectivity index (χ2n) is 5.88. The van der Waals surface area contributed by atoms with Gasteiger partial charge in [-0.05, 0) is 25.5 Å². The Morgan fingerprint density at radius 2 is 1.96 bits per heavy atom. The summed E-state index contributed by atoms with van der Waals surface area (Å²) in [5.74, 6) is -0.157. The summed E-state index contributed by atoms with van der Waals surface area (Å²) in [5.41, 5.74) is 2.16. The molecule has 1 atom stereocenters. The molecule has 0 radical (unpaired) electrons. The molecule has 1 unspecified atom stereocenters. The van der Waals surface area contributed by atoms with E-state index in [-0.39, 0.29) is 12.5 Å². The summed E-state index contributed by atoms with van der Waals surface area (Å²) < 4.78 is 25.0. The van der Waals surface area contributed by atoms with Gasteiger partial charge in [0.15, 0.2) is 9.84 Å². The van der Waals surface area contributed by atoms with Gasteiger partial charge in [0.25, 0.3) is 5.91 Å². The van der Waals surface area contributed by atoms with E-state index in [1.54, 1.807) is 15.8 Å². The fraction of sp³-hybridized carbons (Fsp3) is 0.375. The van der Waals surface area contributed by atoms with Gasteiger partial charge in [0.05, 0.1) is 28.4 Å². The number of carbonyl (C=O) groups excluding carboxylic acids is 1. The summed E-state index contributed by atoms with van der Waals surface area (Å²) in [6.07, 6.45) is 3.28. The van der Waals surface area contributed by atoms with Gasteiger partial charge in [-0.2, -0.15) is 5.10 Å². The SMILES string of the molecule is Cc1c(C(=O)N2CCC(S(C)(=O)=O)C2)cnn1-c1ccccc1. The van der Waals surface area contributed by atoms with Crippen molar-refractivity contribution in [3.8, 4) is 5.69 Å². The molecule has 0 bridgehead atoms. The van der Waals surface area contributed by atoms with Crippen molar-refractivity contribution >= 4 is 15.7 Å². The smallest absolute Gasteiger partial charge is 0.257 e. The van der Waals surface area contributed by atoms with Crippen molar-refractivity contribution in [3.63, 3.8) is 0 Å². The van der Waals surface area contributed by atoms with Gasteiger partial charge in [-0.1, -0.05) is 18.2 Å². The Morgan fingerprint density at radius 3 is 2.57 bits per heavy atom. The third kappa shape index (κ3) is 3.01. The number of hydrogen-bond donors (Lipinski definition) is 0. The van der Waals surface area contributed by atoms with Crippen molar-refractivity contribution in [2.45, 2.75) is 18.6 Å². The van der Waals surface area contributed by atoms with E-state index >= 15 is 0 Å². The molecule has 1 saturated heterocycles. The van der Waals surface area contributed by atoms with Crippen molar-refractivity contribution in [2.24, 2.45) is 0 Å². The highest BCUT2D eigenvalue weighted by Gasteiger charge is 2.33. The van der Waals surface area contributed by atoms with Gasteiger partial charge in [-0.3, -0.25) is 4.79 Å². The Hall–Kier alpha value is -2.15.